The Labute approximate surface area is 63.7 Å². The van der Waals surface area contributed by atoms with Crippen LogP contribution in [-0.4, -0.2) is 25.0 Å². The van der Waals surface area contributed by atoms with Gasteiger partial charge in [0.2, 0.25) is 6.40 Å². The minimum absolute atomic E-state index is 0.755. The molecule has 10 heavy (non-hydrogen) atoms. The predicted octanol–water partition coefficient (Wildman–Crippen LogP) is 0.845. The van der Waals surface area contributed by atoms with Crippen molar-refractivity contribution in [2.45, 2.75) is 0 Å². The van der Waals surface area contributed by atoms with Gasteiger partial charge in [-0.3, -0.25) is 0 Å². The molecular weight excluding hydrogens is 152 g/mol. The van der Waals surface area contributed by atoms with E-state index in [1.54, 1.807) is 11.8 Å². The Bertz CT molecular complexity index is 107. The monoisotopic (exact) mass is 162 g/mol. The van der Waals surface area contributed by atoms with E-state index in [0.29, 0.717) is 0 Å². The zero-order chi connectivity index (χ0) is 7.66. The number of hydroxylamine groups is 1. The highest BCUT2D eigenvalue weighted by atomic mass is 32.2. The molecule has 0 fully saturated rings. The summed E-state index contributed by atoms with van der Waals surface area (Å²) in [7, 11) is 0. The summed E-state index contributed by atoms with van der Waals surface area (Å²) in [6, 6.07) is 0. The maximum Gasteiger partial charge on any atom is 0.222 e. The number of nitrogens with one attached hydrogen (secondary N) is 2. The molecule has 0 aromatic rings. The standard InChI is InChI=1S/C4H10N4OS/c1-10-3-2-7-9-4-6-8-5/h4-5,7H,2-3H2,1H3/b6-4+,8-5?. The first kappa shape index (κ1) is 9.38. The molecule has 6 heteroatoms. The van der Waals surface area contributed by atoms with E-state index in [1.807, 2.05) is 6.26 Å². The molecule has 0 radical (unpaired) electrons. The van der Waals surface area contributed by atoms with Crippen molar-refractivity contribution in [3.05, 3.63) is 0 Å². The van der Waals surface area contributed by atoms with Crippen LogP contribution in [0.4, 0.5) is 0 Å². The number of rotatable bonds is 6. The van der Waals surface area contributed by atoms with Gasteiger partial charge in [0, 0.05) is 12.3 Å². The number of hydrogen-bond donors (Lipinski definition) is 2. The molecule has 0 atom stereocenters. The van der Waals surface area contributed by atoms with Crippen LogP contribution in [0, 0.1) is 5.53 Å². The van der Waals surface area contributed by atoms with Crippen molar-refractivity contribution in [2.24, 2.45) is 10.3 Å². The molecule has 0 heterocycles. The van der Waals surface area contributed by atoms with Crippen molar-refractivity contribution in [2.75, 3.05) is 18.6 Å². The molecule has 0 spiro atoms. The van der Waals surface area contributed by atoms with Crippen LogP contribution in [0.3, 0.4) is 0 Å². The zero-order valence-electron chi connectivity index (χ0n) is 5.70. The molecule has 5 nitrogen and oxygen atoms in total. The van der Waals surface area contributed by atoms with Crippen molar-refractivity contribution in [1.29, 1.82) is 5.53 Å². The van der Waals surface area contributed by atoms with E-state index in [-0.39, 0.29) is 0 Å². The first-order valence-corrected chi connectivity index (χ1v) is 4.07. The van der Waals surface area contributed by atoms with E-state index in [4.69, 9.17) is 5.53 Å². The Hall–Kier alpha value is -0.620. The van der Waals surface area contributed by atoms with E-state index < -0.39 is 0 Å². The van der Waals surface area contributed by atoms with Gasteiger partial charge in [-0.1, -0.05) is 5.10 Å². The summed E-state index contributed by atoms with van der Waals surface area (Å²) in [6.07, 6.45) is 3.09. The molecule has 0 aliphatic heterocycles. The van der Waals surface area contributed by atoms with E-state index in [0.717, 1.165) is 18.7 Å². The average molecular weight is 162 g/mol. The van der Waals surface area contributed by atoms with Crippen LogP contribution in [0.5, 0.6) is 0 Å². The third-order valence-corrected chi connectivity index (χ3v) is 1.26. The zero-order valence-corrected chi connectivity index (χ0v) is 6.52. The summed E-state index contributed by atoms with van der Waals surface area (Å²) in [4.78, 5) is 4.61. The van der Waals surface area contributed by atoms with Crippen LogP contribution >= 0.6 is 11.8 Å². The summed E-state index contributed by atoms with van der Waals surface area (Å²) in [6.45, 7) is 0.755. The van der Waals surface area contributed by atoms with Crippen molar-refractivity contribution >= 4 is 18.2 Å². The van der Waals surface area contributed by atoms with Gasteiger partial charge < -0.3 is 4.84 Å². The van der Waals surface area contributed by atoms with E-state index >= 15 is 0 Å². The second-order valence-corrected chi connectivity index (χ2v) is 2.31. The second-order valence-electron chi connectivity index (χ2n) is 1.33. The molecule has 0 saturated carbocycles. The molecule has 0 aliphatic carbocycles. The van der Waals surface area contributed by atoms with Crippen LogP contribution in [0.15, 0.2) is 10.3 Å². The second kappa shape index (κ2) is 8.38. The lowest BCUT2D eigenvalue weighted by atomic mass is 10.8. The third-order valence-electron chi connectivity index (χ3n) is 0.649. The summed E-state index contributed by atoms with van der Waals surface area (Å²) in [5.41, 5.74) is 8.84. The smallest absolute Gasteiger partial charge is 0.222 e. The molecule has 58 valence electrons. The minimum Gasteiger partial charge on any atom is -0.395 e. The first-order valence-electron chi connectivity index (χ1n) is 2.67. The summed E-state index contributed by atoms with van der Waals surface area (Å²) < 4.78 is 0. The van der Waals surface area contributed by atoms with Gasteiger partial charge in [0.1, 0.15) is 0 Å². The lowest BCUT2D eigenvalue weighted by Gasteiger charge is -1.97. The van der Waals surface area contributed by atoms with Crippen LogP contribution in [0.25, 0.3) is 0 Å². The van der Waals surface area contributed by atoms with E-state index in [1.165, 1.54) is 0 Å². The molecule has 0 aromatic heterocycles. The fourth-order valence-corrected chi connectivity index (χ4v) is 0.575. The SMILES string of the molecule is CSCCNO/C=N/N=N. The third kappa shape index (κ3) is 7.38. The fourth-order valence-electron chi connectivity index (χ4n) is 0.287. The number of thioether (sulfide) groups is 1. The predicted molar refractivity (Wildman–Crippen MR) is 41.1 cm³/mol. The Balaban J connectivity index is 2.90. The van der Waals surface area contributed by atoms with Gasteiger partial charge in [-0.25, -0.2) is 0 Å². The quantitative estimate of drug-likeness (QED) is 0.200. The molecule has 0 saturated heterocycles. The molecule has 0 rings (SSSR count). The summed E-state index contributed by atoms with van der Waals surface area (Å²) in [5, 5.41) is 5.85. The summed E-state index contributed by atoms with van der Waals surface area (Å²) in [5.74, 6) is 0.978. The first-order chi connectivity index (χ1) is 4.91. The minimum atomic E-state index is 0.755. The van der Waals surface area contributed by atoms with E-state index in [2.05, 4.69) is 20.6 Å². The molecule has 0 bridgehead atoms. The Morgan fingerprint density at radius 2 is 2.60 bits per heavy atom. The average Bonchev–Trinajstić information content (AvgIpc) is 1.97. The molecule has 0 aromatic carbocycles. The number of hydrogen-bond acceptors (Lipinski definition) is 5. The highest BCUT2D eigenvalue weighted by Gasteiger charge is 1.80. The van der Waals surface area contributed by atoms with Crippen molar-refractivity contribution in [3.63, 3.8) is 0 Å². The van der Waals surface area contributed by atoms with Crippen molar-refractivity contribution in [3.8, 4) is 0 Å². The Kier molecular flexibility index (Phi) is 7.86. The van der Waals surface area contributed by atoms with Gasteiger partial charge >= 0.3 is 0 Å². The molecular formula is C4H10N4OS. The topological polar surface area (TPSA) is 69.8 Å². The van der Waals surface area contributed by atoms with Crippen LogP contribution in [-0.2, 0) is 4.84 Å². The van der Waals surface area contributed by atoms with Gasteiger partial charge in [-0.15, -0.1) is 0 Å². The van der Waals surface area contributed by atoms with Crippen LogP contribution < -0.4 is 5.48 Å². The Morgan fingerprint density at radius 1 is 1.80 bits per heavy atom. The molecule has 2 N–H and O–H groups in total. The highest BCUT2D eigenvalue weighted by Crippen LogP contribution is 1.86. The van der Waals surface area contributed by atoms with Gasteiger partial charge in [0.05, 0.1) is 0 Å². The van der Waals surface area contributed by atoms with Crippen molar-refractivity contribution in [1.82, 2.24) is 5.48 Å². The molecule has 0 unspecified atom stereocenters. The van der Waals surface area contributed by atoms with Crippen molar-refractivity contribution < 1.29 is 4.84 Å². The molecule has 0 aliphatic rings. The maximum atomic E-state index is 6.23. The summed E-state index contributed by atoms with van der Waals surface area (Å²) >= 11 is 1.72. The van der Waals surface area contributed by atoms with Crippen LogP contribution in [0.2, 0.25) is 0 Å². The lowest BCUT2D eigenvalue weighted by molar-refractivity contribution is 0.200. The Morgan fingerprint density at radius 3 is 3.20 bits per heavy atom. The van der Waals surface area contributed by atoms with Gasteiger partial charge in [0.15, 0.2) is 0 Å². The maximum absolute atomic E-state index is 6.23. The highest BCUT2D eigenvalue weighted by molar-refractivity contribution is 7.98. The normalized spacial score (nSPS) is 10.1. The van der Waals surface area contributed by atoms with Gasteiger partial charge in [0.25, 0.3) is 0 Å². The van der Waals surface area contributed by atoms with Gasteiger partial charge in [-0.05, 0) is 11.5 Å². The van der Waals surface area contributed by atoms with E-state index in [9.17, 15) is 0 Å². The molecule has 0 amide bonds. The lowest BCUT2D eigenvalue weighted by Crippen LogP contribution is -2.16. The van der Waals surface area contributed by atoms with Crippen LogP contribution in [0.1, 0.15) is 0 Å². The number of nitrogens with zero attached hydrogens (tertiary/aromatic N) is 2. The largest absolute Gasteiger partial charge is 0.395 e. The fraction of sp³-hybridized carbons (Fsp3) is 0.750. The van der Waals surface area contributed by atoms with Gasteiger partial charge in [-0.2, -0.15) is 22.8 Å².